The van der Waals surface area contributed by atoms with Crippen molar-refractivity contribution < 1.29 is 32.6 Å². The number of nitrogens with one attached hydrogen (secondary N) is 3. The number of ether oxygens (including phenoxy) is 2. The van der Waals surface area contributed by atoms with Crippen LogP contribution in [-0.2, 0) is 14.3 Å². The van der Waals surface area contributed by atoms with Crippen molar-refractivity contribution in [3.8, 4) is 11.3 Å². The highest BCUT2D eigenvalue weighted by atomic mass is 35.5. The van der Waals surface area contributed by atoms with E-state index in [1.54, 1.807) is 24.4 Å². The lowest BCUT2D eigenvalue weighted by Gasteiger charge is -2.36. The number of carbonyl (C=O) groups is 3. The summed E-state index contributed by atoms with van der Waals surface area (Å²) in [5, 5.41) is 5.33. The highest BCUT2D eigenvalue weighted by Crippen LogP contribution is 2.39. The Kier molecular flexibility index (Phi) is 8.62. The molecule has 3 N–H and O–H groups in total. The second-order valence-electron chi connectivity index (χ2n) is 10.2. The lowest BCUT2D eigenvalue weighted by atomic mass is 9.95. The maximum absolute atomic E-state index is 14.7. The number of hydrogen-bond donors (Lipinski definition) is 3. The third-order valence-electron chi connectivity index (χ3n) is 7.68. The fraction of sp³-hybridized carbons (Fsp3) is 0.379. The second-order valence-corrected chi connectivity index (χ2v) is 10.6. The smallest absolute Gasteiger partial charge is 0.411 e. The zero-order valence-electron chi connectivity index (χ0n) is 23.0. The molecule has 3 amide bonds. The van der Waals surface area contributed by atoms with Crippen molar-refractivity contribution in [2.75, 3.05) is 24.3 Å². The van der Waals surface area contributed by atoms with E-state index in [1.165, 1.54) is 12.0 Å². The summed E-state index contributed by atoms with van der Waals surface area (Å²) in [4.78, 5) is 47.7. The first kappa shape index (κ1) is 29.3. The fourth-order valence-electron chi connectivity index (χ4n) is 5.44. The number of hydrogen-bond acceptors (Lipinski definition) is 6. The van der Waals surface area contributed by atoms with Crippen LogP contribution in [0.3, 0.4) is 0 Å². The largest absolute Gasteiger partial charge is 0.453 e. The summed E-state index contributed by atoms with van der Waals surface area (Å²) in [6.45, 7) is 2.09. The van der Waals surface area contributed by atoms with Crippen LogP contribution in [0.2, 0.25) is 5.02 Å². The molecule has 3 aromatic rings. The lowest BCUT2D eigenvalue weighted by molar-refractivity contribution is -0.120. The molecule has 0 aliphatic carbocycles. The summed E-state index contributed by atoms with van der Waals surface area (Å²) in [5.41, 5.74) is 1.61. The Bertz CT molecular complexity index is 1520. The second kappa shape index (κ2) is 12.4. The number of methoxy groups -OCH3 is 1. The number of halogens is 3. The van der Waals surface area contributed by atoms with Gasteiger partial charge >= 0.3 is 12.2 Å². The van der Waals surface area contributed by atoms with Gasteiger partial charge < -0.3 is 19.8 Å². The Morgan fingerprint density at radius 3 is 2.76 bits per heavy atom. The van der Waals surface area contributed by atoms with E-state index >= 15 is 0 Å². The highest BCUT2D eigenvalue weighted by Gasteiger charge is 2.37. The number of aromatic nitrogens is 2. The summed E-state index contributed by atoms with van der Waals surface area (Å²) >= 11 is 5.85. The average Bonchev–Trinajstić information content (AvgIpc) is 3.45. The van der Waals surface area contributed by atoms with Gasteiger partial charge in [-0.25, -0.2) is 23.4 Å². The van der Waals surface area contributed by atoms with Gasteiger partial charge in [-0.2, -0.15) is 0 Å². The molecule has 1 fully saturated rings. The van der Waals surface area contributed by atoms with Gasteiger partial charge in [0.25, 0.3) is 0 Å². The zero-order valence-corrected chi connectivity index (χ0v) is 23.8. The van der Waals surface area contributed by atoms with Crippen molar-refractivity contribution in [3.63, 3.8) is 0 Å². The number of nitrogens with zero attached hydrogens (tertiary/aromatic N) is 2. The van der Waals surface area contributed by atoms with Crippen molar-refractivity contribution in [2.45, 2.75) is 51.2 Å². The molecule has 0 saturated carbocycles. The van der Waals surface area contributed by atoms with Crippen LogP contribution < -0.4 is 10.6 Å². The van der Waals surface area contributed by atoms with Gasteiger partial charge in [0.1, 0.15) is 17.7 Å². The van der Waals surface area contributed by atoms with Crippen molar-refractivity contribution in [1.82, 2.24) is 14.9 Å². The van der Waals surface area contributed by atoms with Crippen LogP contribution in [0.5, 0.6) is 0 Å². The molecule has 2 aliphatic rings. The van der Waals surface area contributed by atoms with Gasteiger partial charge in [0.15, 0.2) is 5.82 Å². The van der Waals surface area contributed by atoms with Gasteiger partial charge in [-0.1, -0.05) is 24.9 Å². The Morgan fingerprint density at radius 1 is 1.21 bits per heavy atom. The first-order valence-corrected chi connectivity index (χ1v) is 14.0. The van der Waals surface area contributed by atoms with Gasteiger partial charge in [-0.05, 0) is 49.6 Å². The van der Waals surface area contributed by atoms with Crippen LogP contribution in [0.25, 0.3) is 11.3 Å². The van der Waals surface area contributed by atoms with E-state index in [-0.39, 0.29) is 35.4 Å². The van der Waals surface area contributed by atoms with Crippen LogP contribution in [-0.4, -0.2) is 46.6 Å². The summed E-state index contributed by atoms with van der Waals surface area (Å²) in [5.74, 6) is -1.76. The number of carbonyl (C=O) groups excluding carboxylic acids is 3. The van der Waals surface area contributed by atoms with E-state index in [0.29, 0.717) is 54.1 Å². The summed E-state index contributed by atoms with van der Waals surface area (Å²) in [7, 11) is 1.25. The molecule has 13 heteroatoms. The predicted octanol–water partition coefficient (Wildman–Crippen LogP) is 6.96. The lowest BCUT2D eigenvalue weighted by Crippen LogP contribution is -2.42. The monoisotopic (exact) mass is 601 g/mol. The molecule has 222 valence electrons. The Balaban J connectivity index is 1.46. The highest BCUT2D eigenvalue weighted by molar-refractivity contribution is 6.30. The number of fused-ring (bicyclic) bond motifs is 4. The van der Waals surface area contributed by atoms with Gasteiger partial charge in [0.2, 0.25) is 5.91 Å². The van der Waals surface area contributed by atoms with Crippen molar-refractivity contribution in [3.05, 3.63) is 64.6 Å². The molecule has 42 heavy (non-hydrogen) atoms. The van der Waals surface area contributed by atoms with Gasteiger partial charge in [-0.3, -0.25) is 15.0 Å². The average molecular weight is 602 g/mol. The molecule has 2 bridgehead atoms. The third kappa shape index (κ3) is 5.89. The standard InChI is InChI=1S/C29H30ClF2N5O5/c1-3-15-5-4-6-22(37-12-11-23(42-29(37)40)24-19(31)10-9-18(30)25(24)32)26-33-14-21(35-26)17-8-7-16(34-28(39)41-2)13-20(17)36-27(15)38/h7-10,13-15,22-23H,3-6,11-12H2,1-2H3,(H,33,35)(H,34,39)(H,36,38)/t15?,22-,23?/m0/s1. The van der Waals surface area contributed by atoms with Crippen LogP contribution in [0.15, 0.2) is 36.5 Å². The van der Waals surface area contributed by atoms with Crippen molar-refractivity contribution in [2.24, 2.45) is 5.92 Å². The molecule has 3 atom stereocenters. The molecule has 0 radical (unpaired) electrons. The Hall–Kier alpha value is -4.19. The molecule has 10 nitrogen and oxygen atoms in total. The minimum absolute atomic E-state index is 0.142. The van der Waals surface area contributed by atoms with E-state index in [1.807, 2.05) is 6.92 Å². The Labute approximate surface area is 245 Å². The topological polar surface area (TPSA) is 126 Å². The molecule has 5 rings (SSSR count). The van der Waals surface area contributed by atoms with E-state index < -0.39 is 36.0 Å². The van der Waals surface area contributed by atoms with Gasteiger partial charge in [0.05, 0.1) is 35.1 Å². The fourth-order valence-corrected chi connectivity index (χ4v) is 5.60. The molecule has 2 aromatic carbocycles. The van der Waals surface area contributed by atoms with Gasteiger partial charge in [0, 0.05) is 36.3 Å². The third-order valence-corrected chi connectivity index (χ3v) is 7.97. The number of H-pyrrole nitrogens is 1. The number of aromatic amines is 1. The van der Waals surface area contributed by atoms with Crippen LogP contribution in [0.4, 0.5) is 29.7 Å². The molecule has 0 spiro atoms. The Morgan fingerprint density at radius 2 is 2.02 bits per heavy atom. The maximum Gasteiger partial charge on any atom is 0.411 e. The molecular weight excluding hydrogens is 572 g/mol. The molecular formula is C29H30ClF2N5O5. The first-order valence-electron chi connectivity index (χ1n) is 13.7. The number of amides is 3. The zero-order chi connectivity index (χ0) is 30.0. The molecule has 1 aromatic heterocycles. The molecule has 2 unspecified atom stereocenters. The van der Waals surface area contributed by atoms with E-state index in [0.717, 1.165) is 12.1 Å². The SMILES string of the molecule is CCC1CCC[C@H](N2CCC(c3c(F)ccc(Cl)c3F)OC2=O)c2nc(c[nH]2)-c2ccc(NC(=O)OC)cc2NC1=O. The van der Waals surface area contributed by atoms with Crippen LogP contribution >= 0.6 is 11.6 Å². The number of imidazole rings is 1. The number of rotatable bonds is 4. The van der Waals surface area contributed by atoms with E-state index in [4.69, 9.17) is 21.3 Å². The molecule has 2 aliphatic heterocycles. The predicted molar refractivity (Wildman–Crippen MR) is 151 cm³/mol. The summed E-state index contributed by atoms with van der Waals surface area (Å²) in [6.07, 6.45) is 1.52. The summed E-state index contributed by atoms with van der Waals surface area (Å²) < 4.78 is 39.4. The van der Waals surface area contributed by atoms with Crippen molar-refractivity contribution >= 4 is 41.1 Å². The normalized spacial score (nSPS) is 20.9. The van der Waals surface area contributed by atoms with E-state index in [9.17, 15) is 23.2 Å². The maximum atomic E-state index is 14.7. The molecule has 1 saturated heterocycles. The number of anilines is 2. The number of cyclic esters (lactones) is 1. The first-order chi connectivity index (χ1) is 20.2. The van der Waals surface area contributed by atoms with Crippen molar-refractivity contribution in [1.29, 1.82) is 0 Å². The number of benzene rings is 2. The van der Waals surface area contributed by atoms with Crippen LogP contribution in [0, 0.1) is 17.6 Å². The van der Waals surface area contributed by atoms with E-state index in [2.05, 4.69) is 20.4 Å². The van der Waals surface area contributed by atoms with Gasteiger partial charge in [-0.15, -0.1) is 0 Å². The molecule has 3 heterocycles. The summed E-state index contributed by atoms with van der Waals surface area (Å²) in [6, 6.07) is 6.63. The minimum Gasteiger partial charge on any atom is -0.453 e. The van der Waals surface area contributed by atoms with Crippen LogP contribution in [0.1, 0.15) is 62.6 Å². The minimum atomic E-state index is -1.13. The quantitative estimate of drug-likeness (QED) is 0.278.